The van der Waals surface area contributed by atoms with Crippen LogP contribution in [0.3, 0.4) is 0 Å². The molecule has 1 atom stereocenters. The number of rotatable bonds is 8. The van der Waals surface area contributed by atoms with Crippen LogP contribution in [0.5, 0.6) is 0 Å². The van der Waals surface area contributed by atoms with Crippen LogP contribution in [0, 0.1) is 0 Å². The maximum absolute atomic E-state index is 5.70. The molecule has 17 heavy (non-hydrogen) atoms. The van der Waals surface area contributed by atoms with Crippen molar-refractivity contribution in [3.05, 3.63) is 42.0 Å². The zero-order valence-electron chi connectivity index (χ0n) is 10.9. The van der Waals surface area contributed by atoms with E-state index in [4.69, 9.17) is 4.74 Å². The van der Waals surface area contributed by atoms with Crippen LogP contribution in [0.25, 0.3) is 6.08 Å². The molecule has 0 saturated heterocycles. The zero-order valence-corrected chi connectivity index (χ0v) is 10.9. The van der Waals surface area contributed by atoms with E-state index in [1.807, 2.05) is 25.2 Å². The lowest BCUT2D eigenvalue weighted by atomic mass is 10.2. The highest BCUT2D eigenvalue weighted by atomic mass is 16.5. The van der Waals surface area contributed by atoms with Gasteiger partial charge in [-0.1, -0.05) is 42.5 Å². The Balaban J connectivity index is 2.12. The predicted molar refractivity (Wildman–Crippen MR) is 74.1 cm³/mol. The number of hydrogen-bond donors (Lipinski definition) is 1. The third-order valence-electron chi connectivity index (χ3n) is 2.62. The first-order valence-electron chi connectivity index (χ1n) is 6.30. The third kappa shape index (κ3) is 6.93. The summed E-state index contributed by atoms with van der Waals surface area (Å²) in [6.45, 7) is 3.88. The summed E-state index contributed by atoms with van der Waals surface area (Å²) in [5.41, 5.74) is 1.22. The fourth-order valence-electron chi connectivity index (χ4n) is 1.62. The van der Waals surface area contributed by atoms with Gasteiger partial charge in [-0.05, 0) is 38.9 Å². The molecule has 1 aromatic rings. The first-order chi connectivity index (χ1) is 8.33. The summed E-state index contributed by atoms with van der Waals surface area (Å²) in [5.74, 6) is 0. The van der Waals surface area contributed by atoms with Crippen LogP contribution in [0.15, 0.2) is 36.4 Å². The van der Waals surface area contributed by atoms with Gasteiger partial charge in [0.25, 0.3) is 0 Å². The molecule has 1 unspecified atom stereocenters. The van der Waals surface area contributed by atoms with Crippen molar-refractivity contribution in [2.45, 2.75) is 25.9 Å². The Bertz CT molecular complexity index is 308. The lowest BCUT2D eigenvalue weighted by molar-refractivity contribution is 0.0808. The minimum absolute atomic E-state index is 0.337. The Hall–Kier alpha value is -1.12. The van der Waals surface area contributed by atoms with E-state index >= 15 is 0 Å². The van der Waals surface area contributed by atoms with E-state index in [0.717, 1.165) is 13.0 Å². The van der Waals surface area contributed by atoms with Crippen LogP contribution in [-0.2, 0) is 4.74 Å². The second-order valence-corrected chi connectivity index (χ2v) is 4.20. The molecule has 0 radical (unpaired) electrons. The molecule has 0 saturated carbocycles. The number of benzene rings is 1. The van der Waals surface area contributed by atoms with E-state index in [2.05, 4.69) is 36.5 Å². The fraction of sp³-hybridized carbons (Fsp3) is 0.467. The van der Waals surface area contributed by atoms with Gasteiger partial charge in [0.15, 0.2) is 0 Å². The molecule has 0 aromatic heterocycles. The largest absolute Gasteiger partial charge is 0.374 e. The summed E-state index contributed by atoms with van der Waals surface area (Å²) in [6, 6.07) is 10.3. The number of ether oxygens (including phenoxy) is 1. The average Bonchev–Trinajstić information content (AvgIpc) is 2.36. The van der Waals surface area contributed by atoms with E-state index in [9.17, 15) is 0 Å². The summed E-state index contributed by atoms with van der Waals surface area (Å²) in [5, 5.41) is 3.14. The van der Waals surface area contributed by atoms with E-state index < -0.39 is 0 Å². The second kappa shape index (κ2) is 8.97. The lowest BCUT2D eigenvalue weighted by Crippen LogP contribution is -2.13. The van der Waals surface area contributed by atoms with Crippen molar-refractivity contribution >= 4 is 6.08 Å². The SMILES string of the molecule is CNCCCC(C)OCC=Cc1ccccc1. The molecular formula is C15H23NO. The van der Waals surface area contributed by atoms with Gasteiger partial charge in [-0.2, -0.15) is 0 Å². The normalized spacial score (nSPS) is 13.1. The van der Waals surface area contributed by atoms with Crippen molar-refractivity contribution in [2.75, 3.05) is 20.2 Å². The van der Waals surface area contributed by atoms with E-state index in [1.54, 1.807) is 0 Å². The fourth-order valence-corrected chi connectivity index (χ4v) is 1.62. The highest BCUT2D eigenvalue weighted by Crippen LogP contribution is 2.03. The van der Waals surface area contributed by atoms with Crippen LogP contribution in [0.4, 0.5) is 0 Å². The first kappa shape index (κ1) is 13.9. The maximum atomic E-state index is 5.70. The van der Waals surface area contributed by atoms with E-state index in [1.165, 1.54) is 12.0 Å². The predicted octanol–water partition coefficient (Wildman–Crippen LogP) is 3.10. The smallest absolute Gasteiger partial charge is 0.0654 e. The molecule has 0 fully saturated rings. The summed E-state index contributed by atoms with van der Waals surface area (Å²) < 4.78 is 5.70. The molecule has 0 aliphatic rings. The van der Waals surface area contributed by atoms with Gasteiger partial charge in [-0.15, -0.1) is 0 Å². The Labute approximate surface area is 105 Å². The van der Waals surface area contributed by atoms with Gasteiger partial charge in [0.05, 0.1) is 12.7 Å². The monoisotopic (exact) mass is 233 g/mol. The van der Waals surface area contributed by atoms with Crippen molar-refractivity contribution in [1.82, 2.24) is 5.32 Å². The van der Waals surface area contributed by atoms with Crippen molar-refractivity contribution in [3.8, 4) is 0 Å². The van der Waals surface area contributed by atoms with Gasteiger partial charge in [0.1, 0.15) is 0 Å². The molecule has 1 aromatic carbocycles. The molecular weight excluding hydrogens is 210 g/mol. The van der Waals surface area contributed by atoms with Gasteiger partial charge in [0, 0.05) is 0 Å². The van der Waals surface area contributed by atoms with Crippen molar-refractivity contribution in [3.63, 3.8) is 0 Å². The summed E-state index contributed by atoms with van der Waals surface area (Å²) in [4.78, 5) is 0. The topological polar surface area (TPSA) is 21.3 Å². The minimum atomic E-state index is 0.337. The molecule has 0 spiro atoms. The Morgan fingerprint density at radius 3 is 2.76 bits per heavy atom. The molecule has 94 valence electrons. The molecule has 0 heterocycles. The molecule has 1 N–H and O–H groups in total. The molecule has 0 aliphatic heterocycles. The molecule has 2 nitrogen and oxygen atoms in total. The molecule has 0 bridgehead atoms. The van der Waals surface area contributed by atoms with Crippen LogP contribution in [-0.4, -0.2) is 26.3 Å². The summed E-state index contributed by atoms with van der Waals surface area (Å²) in [6.07, 6.45) is 6.79. The maximum Gasteiger partial charge on any atom is 0.0654 e. The summed E-state index contributed by atoms with van der Waals surface area (Å²) >= 11 is 0. The van der Waals surface area contributed by atoms with Gasteiger partial charge < -0.3 is 10.1 Å². The number of hydrogen-bond acceptors (Lipinski definition) is 2. The average molecular weight is 233 g/mol. The van der Waals surface area contributed by atoms with E-state index in [0.29, 0.717) is 12.7 Å². The molecule has 2 heteroatoms. The van der Waals surface area contributed by atoms with Crippen molar-refractivity contribution in [2.24, 2.45) is 0 Å². The Morgan fingerprint density at radius 1 is 1.29 bits per heavy atom. The van der Waals surface area contributed by atoms with Crippen molar-refractivity contribution in [1.29, 1.82) is 0 Å². The second-order valence-electron chi connectivity index (χ2n) is 4.20. The zero-order chi connectivity index (χ0) is 12.3. The van der Waals surface area contributed by atoms with Crippen LogP contribution < -0.4 is 5.32 Å². The minimum Gasteiger partial charge on any atom is -0.374 e. The highest BCUT2D eigenvalue weighted by molar-refractivity contribution is 5.48. The first-order valence-corrected chi connectivity index (χ1v) is 6.30. The van der Waals surface area contributed by atoms with Crippen LogP contribution in [0.1, 0.15) is 25.3 Å². The summed E-state index contributed by atoms with van der Waals surface area (Å²) in [7, 11) is 1.98. The molecule has 0 aliphatic carbocycles. The number of nitrogens with one attached hydrogen (secondary N) is 1. The van der Waals surface area contributed by atoms with Crippen LogP contribution in [0.2, 0.25) is 0 Å². The van der Waals surface area contributed by atoms with Crippen molar-refractivity contribution < 1.29 is 4.74 Å². The Morgan fingerprint density at radius 2 is 2.06 bits per heavy atom. The van der Waals surface area contributed by atoms with Gasteiger partial charge >= 0.3 is 0 Å². The third-order valence-corrected chi connectivity index (χ3v) is 2.62. The van der Waals surface area contributed by atoms with Crippen LogP contribution >= 0.6 is 0 Å². The Kier molecular flexibility index (Phi) is 7.35. The van der Waals surface area contributed by atoms with Gasteiger partial charge in [0.2, 0.25) is 0 Å². The highest BCUT2D eigenvalue weighted by Gasteiger charge is 1.99. The standard InChI is InChI=1S/C15H23NO/c1-14(8-6-12-16-2)17-13-7-11-15-9-4-3-5-10-15/h3-5,7,9-11,14,16H,6,8,12-13H2,1-2H3. The quantitative estimate of drug-likeness (QED) is 0.697. The molecule has 0 amide bonds. The van der Waals surface area contributed by atoms with Gasteiger partial charge in [-0.3, -0.25) is 0 Å². The lowest BCUT2D eigenvalue weighted by Gasteiger charge is -2.10. The van der Waals surface area contributed by atoms with E-state index in [-0.39, 0.29) is 0 Å². The molecule has 1 rings (SSSR count). The van der Waals surface area contributed by atoms with Gasteiger partial charge in [-0.25, -0.2) is 0 Å².